The SMILES string of the molecule is CN(C)C(=O)c1cc(NC(=O)C2(C)CCNC2)ccc1Cl.Cl. The lowest BCUT2D eigenvalue weighted by atomic mass is 9.88. The zero-order valence-electron chi connectivity index (χ0n) is 12.9. The van der Waals surface area contributed by atoms with Gasteiger partial charge in [-0.2, -0.15) is 0 Å². The van der Waals surface area contributed by atoms with Crippen molar-refractivity contribution in [3.63, 3.8) is 0 Å². The summed E-state index contributed by atoms with van der Waals surface area (Å²) in [5.41, 5.74) is 0.558. The first-order valence-electron chi connectivity index (χ1n) is 6.87. The quantitative estimate of drug-likeness (QED) is 0.884. The number of hydrogen-bond acceptors (Lipinski definition) is 3. The second-order valence-corrected chi connectivity index (χ2v) is 6.24. The van der Waals surface area contributed by atoms with E-state index in [1.807, 2.05) is 6.92 Å². The second kappa shape index (κ2) is 7.31. The largest absolute Gasteiger partial charge is 0.345 e. The molecule has 1 heterocycles. The minimum atomic E-state index is -0.411. The summed E-state index contributed by atoms with van der Waals surface area (Å²) in [4.78, 5) is 25.9. The van der Waals surface area contributed by atoms with Crippen molar-refractivity contribution in [3.05, 3.63) is 28.8 Å². The Kier molecular flexibility index (Phi) is 6.23. The van der Waals surface area contributed by atoms with Gasteiger partial charge in [0.15, 0.2) is 0 Å². The number of carbonyl (C=O) groups excluding carboxylic acids is 2. The van der Waals surface area contributed by atoms with Gasteiger partial charge in [0.25, 0.3) is 5.91 Å². The van der Waals surface area contributed by atoms with Gasteiger partial charge in [-0.3, -0.25) is 9.59 Å². The van der Waals surface area contributed by atoms with E-state index in [-0.39, 0.29) is 24.2 Å². The molecule has 7 heteroatoms. The molecule has 2 N–H and O–H groups in total. The first kappa shape index (κ1) is 18.7. The van der Waals surface area contributed by atoms with Crippen molar-refractivity contribution < 1.29 is 9.59 Å². The fourth-order valence-corrected chi connectivity index (χ4v) is 2.50. The molecular formula is C15H21Cl2N3O2. The number of nitrogens with one attached hydrogen (secondary N) is 2. The normalized spacial score (nSPS) is 20.2. The van der Waals surface area contributed by atoms with E-state index in [9.17, 15) is 9.59 Å². The summed E-state index contributed by atoms with van der Waals surface area (Å²) < 4.78 is 0. The molecule has 122 valence electrons. The summed E-state index contributed by atoms with van der Waals surface area (Å²) in [5.74, 6) is -0.233. The lowest BCUT2D eigenvalue weighted by Crippen LogP contribution is -2.35. The molecule has 22 heavy (non-hydrogen) atoms. The average molecular weight is 346 g/mol. The molecular weight excluding hydrogens is 325 g/mol. The summed E-state index contributed by atoms with van der Waals surface area (Å²) in [5, 5.41) is 6.44. The molecule has 0 spiro atoms. The van der Waals surface area contributed by atoms with Crippen LogP contribution in [0.5, 0.6) is 0 Å². The van der Waals surface area contributed by atoms with Gasteiger partial charge in [-0.05, 0) is 38.1 Å². The third-order valence-electron chi connectivity index (χ3n) is 3.78. The summed E-state index contributed by atoms with van der Waals surface area (Å²) in [6.45, 7) is 3.44. The number of carbonyl (C=O) groups is 2. The molecule has 1 aromatic carbocycles. The number of halogens is 2. The van der Waals surface area contributed by atoms with Gasteiger partial charge in [-0.1, -0.05) is 11.6 Å². The van der Waals surface area contributed by atoms with Crippen molar-refractivity contribution in [2.75, 3.05) is 32.5 Å². The third-order valence-corrected chi connectivity index (χ3v) is 4.11. The molecule has 1 aromatic rings. The van der Waals surface area contributed by atoms with Gasteiger partial charge >= 0.3 is 0 Å². The minimum Gasteiger partial charge on any atom is -0.345 e. The number of anilines is 1. The second-order valence-electron chi connectivity index (χ2n) is 5.84. The van der Waals surface area contributed by atoms with Crippen LogP contribution < -0.4 is 10.6 Å². The van der Waals surface area contributed by atoms with Crippen LogP contribution in [-0.2, 0) is 4.79 Å². The Morgan fingerprint density at radius 2 is 2.05 bits per heavy atom. The molecule has 2 amide bonds. The van der Waals surface area contributed by atoms with E-state index in [4.69, 9.17) is 11.6 Å². The predicted octanol–water partition coefficient (Wildman–Crippen LogP) is 2.40. The first-order valence-corrected chi connectivity index (χ1v) is 7.25. The third kappa shape index (κ3) is 3.91. The van der Waals surface area contributed by atoms with E-state index in [1.54, 1.807) is 32.3 Å². The Labute approximate surface area is 141 Å². The van der Waals surface area contributed by atoms with Gasteiger partial charge in [0.1, 0.15) is 0 Å². The Morgan fingerprint density at radius 3 is 2.59 bits per heavy atom. The maximum absolute atomic E-state index is 12.4. The van der Waals surface area contributed by atoms with Gasteiger partial charge in [-0.25, -0.2) is 0 Å². The number of rotatable bonds is 3. The van der Waals surface area contributed by atoms with Crippen LogP contribution in [0.1, 0.15) is 23.7 Å². The van der Waals surface area contributed by atoms with Crippen LogP contribution in [0, 0.1) is 5.41 Å². The molecule has 1 aliphatic heterocycles. The van der Waals surface area contributed by atoms with E-state index < -0.39 is 5.41 Å². The molecule has 2 rings (SSSR count). The Hall–Kier alpha value is -1.30. The first-order chi connectivity index (χ1) is 9.83. The van der Waals surface area contributed by atoms with Crippen LogP contribution in [0.4, 0.5) is 5.69 Å². The topological polar surface area (TPSA) is 61.4 Å². The van der Waals surface area contributed by atoms with Crippen LogP contribution in [0.25, 0.3) is 0 Å². The van der Waals surface area contributed by atoms with Crippen LogP contribution in [0.3, 0.4) is 0 Å². The zero-order valence-corrected chi connectivity index (χ0v) is 14.5. The maximum atomic E-state index is 12.4. The molecule has 0 radical (unpaired) electrons. The number of hydrogen-bond donors (Lipinski definition) is 2. The van der Waals surface area contributed by atoms with E-state index in [2.05, 4.69) is 10.6 Å². The Balaban J connectivity index is 0.00000242. The smallest absolute Gasteiger partial charge is 0.254 e. The van der Waals surface area contributed by atoms with Gasteiger partial charge in [-0.15, -0.1) is 12.4 Å². The van der Waals surface area contributed by atoms with Gasteiger partial charge in [0.05, 0.1) is 16.0 Å². The highest BCUT2D eigenvalue weighted by molar-refractivity contribution is 6.34. The van der Waals surface area contributed by atoms with E-state index in [1.165, 1.54) is 4.90 Å². The summed E-state index contributed by atoms with van der Waals surface area (Å²) in [6, 6.07) is 4.95. The molecule has 0 bridgehead atoms. The van der Waals surface area contributed by atoms with Gasteiger partial charge < -0.3 is 15.5 Å². The minimum absolute atomic E-state index is 0. The lowest BCUT2D eigenvalue weighted by molar-refractivity contribution is -0.123. The van der Waals surface area contributed by atoms with Crippen molar-refractivity contribution in [1.29, 1.82) is 0 Å². The number of nitrogens with zero attached hydrogens (tertiary/aromatic N) is 1. The van der Waals surface area contributed by atoms with Crippen LogP contribution >= 0.6 is 24.0 Å². The molecule has 0 aromatic heterocycles. The number of benzene rings is 1. The Bertz CT molecular complexity index is 570. The molecule has 0 aliphatic carbocycles. The lowest BCUT2D eigenvalue weighted by Gasteiger charge is -2.22. The predicted molar refractivity (Wildman–Crippen MR) is 90.9 cm³/mol. The maximum Gasteiger partial charge on any atom is 0.254 e. The molecule has 1 atom stereocenters. The van der Waals surface area contributed by atoms with Crippen molar-refractivity contribution in [2.45, 2.75) is 13.3 Å². The Morgan fingerprint density at radius 1 is 1.36 bits per heavy atom. The highest BCUT2D eigenvalue weighted by Crippen LogP contribution is 2.28. The van der Waals surface area contributed by atoms with Crippen molar-refractivity contribution in [2.24, 2.45) is 5.41 Å². The highest BCUT2D eigenvalue weighted by atomic mass is 35.5. The summed E-state index contributed by atoms with van der Waals surface area (Å²) in [6.07, 6.45) is 0.801. The molecule has 1 aliphatic rings. The van der Waals surface area contributed by atoms with E-state index in [0.717, 1.165) is 13.0 Å². The number of amides is 2. The van der Waals surface area contributed by atoms with Crippen molar-refractivity contribution in [1.82, 2.24) is 10.2 Å². The van der Waals surface area contributed by atoms with E-state index >= 15 is 0 Å². The molecule has 0 saturated carbocycles. The fourth-order valence-electron chi connectivity index (χ4n) is 2.30. The highest BCUT2D eigenvalue weighted by Gasteiger charge is 2.36. The zero-order chi connectivity index (χ0) is 15.6. The molecule has 5 nitrogen and oxygen atoms in total. The van der Waals surface area contributed by atoms with Crippen molar-refractivity contribution in [3.8, 4) is 0 Å². The van der Waals surface area contributed by atoms with Gasteiger partial charge in [0, 0.05) is 26.3 Å². The average Bonchev–Trinajstić information content (AvgIpc) is 2.88. The van der Waals surface area contributed by atoms with Gasteiger partial charge in [0.2, 0.25) is 5.91 Å². The monoisotopic (exact) mass is 345 g/mol. The summed E-state index contributed by atoms with van der Waals surface area (Å²) >= 11 is 6.06. The van der Waals surface area contributed by atoms with Crippen LogP contribution in [0.15, 0.2) is 18.2 Å². The summed E-state index contributed by atoms with van der Waals surface area (Å²) in [7, 11) is 3.32. The van der Waals surface area contributed by atoms with Crippen molar-refractivity contribution >= 4 is 41.5 Å². The molecule has 1 unspecified atom stereocenters. The van der Waals surface area contributed by atoms with E-state index in [0.29, 0.717) is 22.8 Å². The van der Waals surface area contributed by atoms with Crippen LogP contribution in [-0.4, -0.2) is 43.9 Å². The van der Waals surface area contributed by atoms with Crippen LogP contribution in [0.2, 0.25) is 5.02 Å². The molecule has 1 fully saturated rings. The standard InChI is InChI=1S/C15H20ClN3O2.ClH/c1-15(6-7-17-9-15)14(21)18-10-4-5-12(16)11(8-10)13(20)19(2)3;/h4-5,8,17H,6-7,9H2,1-3H3,(H,18,21);1H. The fraction of sp³-hybridized carbons (Fsp3) is 0.467. The molecule has 1 saturated heterocycles.